The Morgan fingerprint density at radius 2 is 1.86 bits per heavy atom. The fourth-order valence-electron chi connectivity index (χ4n) is 1.95. The molecule has 1 aromatic heterocycles. The molecule has 0 spiro atoms. The number of carbonyl (C=O) groups is 2. The highest BCUT2D eigenvalue weighted by molar-refractivity contribution is 7.80. The van der Waals surface area contributed by atoms with E-state index in [1.54, 1.807) is 18.5 Å². The number of hydrogen-bond acceptors (Lipinski definition) is 6. The van der Waals surface area contributed by atoms with E-state index < -0.39 is 11.8 Å². The largest absolute Gasteiger partial charge is 0.392 e. The van der Waals surface area contributed by atoms with E-state index in [9.17, 15) is 9.59 Å². The van der Waals surface area contributed by atoms with Gasteiger partial charge in [-0.25, -0.2) is 9.97 Å². The number of hydrogen-bond donors (Lipinski definition) is 2. The van der Waals surface area contributed by atoms with Crippen LogP contribution in [-0.4, -0.2) is 64.4 Å². The van der Waals surface area contributed by atoms with Gasteiger partial charge in [0.1, 0.15) is 0 Å². The molecule has 0 aromatic carbocycles. The van der Waals surface area contributed by atoms with E-state index in [-0.39, 0.29) is 11.5 Å². The molecule has 1 saturated heterocycles. The standard InChI is InChI=1S/C12H16N6O2S/c13-9(21)8-16-10(19)11(20)17-4-6-18(7-5-17)12-14-2-1-3-15-12/h1-3H,4-8H2,(H2,13,21)(H,16,19). The molecule has 3 N–H and O–H groups in total. The van der Waals surface area contributed by atoms with E-state index in [4.69, 9.17) is 5.73 Å². The smallest absolute Gasteiger partial charge is 0.312 e. The number of carbonyl (C=O) groups excluding carboxylic acids is 2. The van der Waals surface area contributed by atoms with E-state index >= 15 is 0 Å². The third-order valence-corrected chi connectivity index (χ3v) is 3.16. The number of aromatic nitrogens is 2. The maximum Gasteiger partial charge on any atom is 0.312 e. The zero-order valence-electron chi connectivity index (χ0n) is 11.4. The molecule has 1 aliphatic rings. The summed E-state index contributed by atoms with van der Waals surface area (Å²) in [4.78, 5) is 35.5. The van der Waals surface area contributed by atoms with Crippen LogP contribution in [0, 0.1) is 0 Å². The minimum absolute atomic E-state index is 0.0255. The van der Waals surface area contributed by atoms with Crippen molar-refractivity contribution in [2.45, 2.75) is 0 Å². The van der Waals surface area contributed by atoms with Crippen molar-refractivity contribution in [3.63, 3.8) is 0 Å². The lowest BCUT2D eigenvalue weighted by Gasteiger charge is -2.34. The number of anilines is 1. The highest BCUT2D eigenvalue weighted by Gasteiger charge is 2.26. The Bertz CT molecular complexity index is 530. The van der Waals surface area contributed by atoms with Gasteiger partial charge in [0.05, 0.1) is 11.5 Å². The van der Waals surface area contributed by atoms with Crippen LogP contribution in [0.4, 0.5) is 5.95 Å². The SMILES string of the molecule is NC(=S)CNC(=O)C(=O)N1CCN(c2ncccn2)CC1. The third kappa shape index (κ3) is 4.09. The Hall–Kier alpha value is -2.29. The second-order valence-electron chi connectivity index (χ2n) is 4.48. The molecule has 2 heterocycles. The molecule has 112 valence electrons. The summed E-state index contributed by atoms with van der Waals surface area (Å²) in [5.41, 5.74) is 5.27. The molecule has 0 saturated carbocycles. The van der Waals surface area contributed by atoms with Gasteiger partial charge >= 0.3 is 11.8 Å². The molecule has 21 heavy (non-hydrogen) atoms. The summed E-state index contributed by atoms with van der Waals surface area (Å²) >= 11 is 4.64. The summed E-state index contributed by atoms with van der Waals surface area (Å²) in [6.45, 7) is 2.07. The summed E-state index contributed by atoms with van der Waals surface area (Å²) in [6, 6.07) is 1.75. The molecule has 2 rings (SSSR count). The first-order valence-corrected chi connectivity index (χ1v) is 6.86. The van der Waals surface area contributed by atoms with Crippen molar-refractivity contribution in [3.05, 3.63) is 18.5 Å². The van der Waals surface area contributed by atoms with Crippen LogP contribution in [0.2, 0.25) is 0 Å². The maximum atomic E-state index is 11.9. The van der Waals surface area contributed by atoms with Gasteiger partial charge in [0.25, 0.3) is 0 Å². The second-order valence-corrected chi connectivity index (χ2v) is 5.00. The Morgan fingerprint density at radius 3 is 2.43 bits per heavy atom. The van der Waals surface area contributed by atoms with Crippen LogP contribution in [0.3, 0.4) is 0 Å². The molecule has 0 unspecified atom stereocenters. The van der Waals surface area contributed by atoms with Gasteiger partial charge in [-0.05, 0) is 6.07 Å². The summed E-state index contributed by atoms with van der Waals surface area (Å²) in [6.07, 6.45) is 3.34. The molecule has 0 aliphatic carbocycles. The molecule has 1 aliphatic heterocycles. The summed E-state index contributed by atoms with van der Waals surface area (Å²) in [5.74, 6) is -0.630. The zero-order chi connectivity index (χ0) is 15.2. The molecule has 9 heteroatoms. The maximum absolute atomic E-state index is 11.9. The molecule has 1 aromatic rings. The van der Waals surface area contributed by atoms with Crippen molar-refractivity contribution in [2.75, 3.05) is 37.6 Å². The summed E-state index contributed by atoms with van der Waals surface area (Å²) < 4.78 is 0. The number of rotatable bonds is 3. The third-order valence-electron chi connectivity index (χ3n) is 3.02. The zero-order valence-corrected chi connectivity index (χ0v) is 12.2. The van der Waals surface area contributed by atoms with Crippen molar-refractivity contribution >= 4 is 35.0 Å². The lowest BCUT2D eigenvalue weighted by molar-refractivity contribution is -0.145. The van der Waals surface area contributed by atoms with Crippen LogP contribution in [0.1, 0.15) is 0 Å². The van der Waals surface area contributed by atoms with Crippen molar-refractivity contribution < 1.29 is 9.59 Å². The minimum atomic E-state index is -0.688. The number of thiocarbonyl (C=S) groups is 1. The van der Waals surface area contributed by atoms with Gasteiger partial charge < -0.3 is 20.9 Å². The van der Waals surface area contributed by atoms with Crippen molar-refractivity contribution in [2.24, 2.45) is 5.73 Å². The van der Waals surface area contributed by atoms with Gasteiger partial charge in [-0.2, -0.15) is 0 Å². The molecule has 8 nitrogen and oxygen atoms in total. The first kappa shape index (κ1) is 15.1. The predicted octanol–water partition coefficient (Wildman–Crippen LogP) is -1.47. The van der Waals surface area contributed by atoms with E-state index in [2.05, 4.69) is 27.5 Å². The number of nitrogens with one attached hydrogen (secondary N) is 1. The first-order valence-electron chi connectivity index (χ1n) is 6.45. The number of piperazine rings is 1. The lowest BCUT2D eigenvalue weighted by atomic mass is 10.3. The van der Waals surface area contributed by atoms with E-state index in [1.807, 2.05) is 4.90 Å². The van der Waals surface area contributed by atoms with Crippen molar-refractivity contribution in [1.29, 1.82) is 0 Å². The first-order chi connectivity index (χ1) is 10.1. The van der Waals surface area contributed by atoms with Crippen LogP contribution >= 0.6 is 12.2 Å². The van der Waals surface area contributed by atoms with Crippen molar-refractivity contribution in [3.8, 4) is 0 Å². The Balaban J connectivity index is 1.84. The fraction of sp³-hybridized carbons (Fsp3) is 0.417. The monoisotopic (exact) mass is 308 g/mol. The van der Waals surface area contributed by atoms with Crippen LogP contribution < -0.4 is 16.0 Å². The van der Waals surface area contributed by atoms with Crippen LogP contribution in [0.25, 0.3) is 0 Å². The van der Waals surface area contributed by atoms with Gasteiger partial charge in [0.15, 0.2) is 0 Å². The minimum Gasteiger partial charge on any atom is -0.392 e. The highest BCUT2D eigenvalue weighted by Crippen LogP contribution is 2.09. The molecule has 1 fully saturated rings. The number of nitrogens with two attached hydrogens (primary N) is 1. The highest BCUT2D eigenvalue weighted by atomic mass is 32.1. The Labute approximate surface area is 127 Å². The molecular formula is C12H16N6O2S. The summed E-state index contributed by atoms with van der Waals surface area (Å²) in [7, 11) is 0. The van der Waals surface area contributed by atoms with Gasteiger partial charge in [0, 0.05) is 38.6 Å². The van der Waals surface area contributed by atoms with Gasteiger partial charge in [-0.3, -0.25) is 9.59 Å². The Morgan fingerprint density at radius 1 is 1.24 bits per heavy atom. The van der Waals surface area contributed by atoms with Crippen molar-refractivity contribution in [1.82, 2.24) is 20.2 Å². The van der Waals surface area contributed by atoms with Gasteiger partial charge in [0.2, 0.25) is 5.95 Å². The van der Waals surface area contributed by atoms with Crippen LogP contribution in [0.15, 0.2) is 18.5 Å². The van der Waals surface area contributed by atoms with Gasteiger partial charge in [-0.1, -0.05) is 12.2 Å². The van der Waals surface area contributed by atoms with E-state index in [1.165, 1.54) is 4.90 Å². The summed E-state index contributed by atoms with van der Waals surface area (Å²) in [5, 5.41) is 2.39. The average molecular weight is 308 g/mol. The van der Waals surface area contributed by atoms with Crippen LogP contribution in [0.5, 0.6) is 0 Å². The quantitative estimate of drug-likeness (QED) is 0.519. The lowest BCUT2D eigenvalue weighted by Crippen LogP contribution is -2.53. The van der Waals surface area contributed by atoms with Crippen LogP contribution in [-0.2, 0) is 9.59 Å². The van der Waals surface area contributed by atoms with E-state index in [0.717, 1.165) is 0 Å². The average Bonchev–Trinajstić information content (AvgIpc) is 2.53. The van der Waals surface area contributed by atoms with E-state index in [0.29, 0.717) is 32.1 Å². The van der Waals surface area contributed by atoms with Gasteiger partial charge in [-0.15, -0.1) is 0 Å². The number of amides is 2. The number of nitrogens with zero attached hydrogens (tertiary/aromatic N) is 4. The molecular weight excluding hydrogens is 292 g/mol. The normalized spacial score (nSPS) is 14.7. The predicted molar refractivity (Wildman–Crippen MR) is 80.6 cm³/mol. The molecule has 0 bridgehead atoms. The molecule has 2 amide bonds. The molecule has 0 radical (unpaired) electrons. The fourth-order valence-corrected chi connectivity index (χ4v) is 2.02. The topological polar surface area (TPSA) is 104 Å². The molecule has 0 atom stereocenters. The Kier molecular flexibility index (Phi) is 4.99. The second kappa shape index (κ2) is 6.93.